The van der Waals surface area contributed by atoms with E-state index in [-0.39, 0.29) is 10.8 Å². The Labute approximate surface area is 171 Å². The van der Waals surface area contributed by atoms with Gasteiger partial charge < -0.3 is 9.88 Å². The Hall–Kier alpha value is -2.64. The van der Waals surface area contributed by atoms with Gasteiger partial charge in [0.2, 0.25) is 15.9 Å². The minimum atomic E-state index is -3.69. The van der Waals surface area contributed by atoms with Crippen molar-refractivity contribution in [1.29, 1.82) is 0 Å². The molecular weight excluding hydrogens is 386 g/mol. The van der Waals surface area contributed by atoms with Gasteiger partial charge in [-0.15, -0.1) is 0 Å². The van der Waals surface area contributed by atoms with Gasteiger partial charge in [0.25, 0.3) is 0 Å². The number of nitrogens with one attached hydrogen (secondary N) is 1. The van der Waals surface area contributed by atoms with E-state index < -0.39 is 16.1 Å². The first kappa shape index (κ1) is 19.7. The molecule has 3 aromatic rings. The zero-order chi connectivity index (χ0) is 20.4. The molecular formula is C22H25N3O3S. The first-order chi connectivity index (χ1) is 14.0. The highest BCUT2D eigenvalue weighted by molar-refractivity contribution is 7.89. The SMILES string of the molecule is CCCn1ccc2cc(NC(=O)C3CCCN3S(=O)(=O)c3ccccc3)ccc21. The number of fused-ring (bicyclic) bond motifs is 1. The van der Waals surface area contributed by atoms with Crippen LogP contribution in [-0.4, -0.2) is 35.8 Å². The third-order valence-corrected chi connectivity index (χ3v) is 7.28. The Balaban J connectivity index is 1.54. The lowest BCUT2D eigenvalue weighted by Gasteiger charge is -2.23. The van der Waals surface area contributed by atoms with E-state index >= 15 is 0 Å². The van der Waals surface area contributed by atoms with E-state index in [2.05, 4.69) is 16.8 Å². The lowest BCUT2D eigenvalue weighted by molar-refractivity contribution is -0.119. The summed E-state index contributed by atoms with van der Waals surface area (Å²) in [6.45, 7) is 3.44. The Bertz CT molecular complexity index is 1120. The van der Waals surface area contributed by atoms with Gasteiger partial charge in [-0.1, -0.05) is 25.1 Å². The molecule has 6 nitrogen and oxygen atoms in total. The number of anilines is 1. The van der Waals surface area contributed by atoms with Crippen molar-refractivity contribution in [3.8, 4) is 0 Å². The molecule has 152 valence electrons. The molecule has 1 fully saturated rings. The van der Waals surface area contributed by atoms with Crippen LogP contribution in [-0.2, 0) is 21.4 Å². The van der Waals surface area contributed by atoms with Gasteiger partial charge in [0, 0.05) is 35.9 Å². The largest absolute Gasteiger partial charge is 0.347 e. The molecule has 0 aliphatic carbocycles. The highest BCUT2D eigenvalue weighted by Crippen LogP contribution is 2.27. The summed E-state index contributed by atoms with van der Waals surface area (Å²) in [5.74, 6) is -0.283. The van der Waals surface area contributed by atoms with Crippen molar-refractivity contribution in [1.82, 2.24) is 8.87 Å². The molecule has 1 aliphatic rings. The number of aromatic nitrogens is 1. The monoisotopic (exact) mass is 411 g/mol. The minimum absolute atomic E-state index is 0.221. The quantitative estimate of drug-likeness (QED) is 0.670. The van der Waals surface area contributed by atoms with E-state index in [1.807, 2.05) is 30.5 Å². The fraction of sp³-hybridized carbons (Fsp3) is 0.318. The minimum Gasteiger partial charge on any atom is -0.347 e. The van der Waals surface area contributed by atoms with Gasteiger partial charge in [0.15, 0.2) is 0 Å². The van der Waals surface area contributed by atoms with Crippen LogP contribution in [0.2, 0.25) is 0 Å². The highest BCUT2D eigenvalue weighted by Gasteiger charge is 2.39. The normalized spacial score (nSPS) is 17.6. The van der Waals surface area contributed by atoms with Gasteiger partial charge >= 0.3 is 0 Å². The molecule has 1 amide bonds. The Morgan fingerprint density at radius 2 is 1.93 bits per heavy atom. The molecule has 1 N–H and O–H groups in total. The van der Waals surface area contributed by atoms with Gasteiger partial charge in [-0.3, -0.25) is 4.79 Å². The first-order valence-electron chi connectivity index (χ1n) is 9.97. The van der Waals surface area contributed by atoms with Crippen LogP contribution >= 0.6 is 0 Å². The summed E-state index contributed by atoms with van der Waals surface area (Å²) in [5.41, 5.74) is 1.81. The molecule has 29 heavy (non-hydrogen) atoms. The maximum atomic E-state index is 13.0. The van der Waals surface area contributed by atoms with Gasteiger partial charge in [0.1, 0.15) is 6.04 Å². The topological polar surface area (TPSA) is 71.4 Å². The lowest BCUT2D eigenvalue weighted by atomic mass is 10.2. The van der Waals surface area contributed by atoms with Crippen LogP contribution in [0.5, 0.6) is 0 Å². The molecule has 1 aromatic heterocycles. The molecule has 7 heteroatoms. The van der Waals surface area contributed by atoms with Crippen molar-refractivity contribution in [3.05, 3.63) is 60.8 Å². The molecule has 0 radical (unpaired) electrons. The number of aryl methyl sites for hydroxylation is 1. The van der Waals surface area contributed by atoms with Crippen molar-refractivity contribution in [3.63, 3.8) is 0 Å². The first-order valence-corrected chi connectivity index (χ1v) is 11.4. The van der Waals surface area contributed by atoms with E-state index in [4.69, 9.17) is 0 Å². The van der Waals surface area contributed by atoms with Crippen LogP contribution in [0.1, 0.15) is 26.2 Å². The smallest absolute Gasteiger partial charge is 0.243 e. The number of carbonyl (C=O) groups is 1. The van der Waals surface area contributed by atoms with Crippen LogP contribution < -0.4 is 5.32 Å². The number of rotatable bonds is 6. The van der Waals surface area contributed by atoms with E-state index in [0.29, 0.717) is 25.1 Å². The lowest BCUT2D eigenvalue weighted by Crippen LogP contribution is -2.43. The molecule has 2 heterocycles. The Morgan fingerprint density at radius 1 is 1.14 bits per heavy atom. The van der Waals surface area contributed by atoms with Crippen molar-refractivity contribution >= 4 is 32.5 Å². The zero-order valence-corrected chi connectivity index (χ0v) is 17.2. The van der Waals surface area contributed by atoms with Crippen LogP contribution in [0.4, 0.5) is 5.69 Å². The second-order valence-electron chi connectivity index (χ2n) is 7.36. The van der Waals surface area contributed by atoms with Crippen LogP contribution in [0.25, 0.3) is 10.9 Å². The van der Waals surface area contributed by atoms with Crippen LogP contribution in [0.3, 0.4) is 0 Å². The molecule has 0 saturated carbocycles. The van der Waals surface area contributed by atoms with Crippen molar-refractivity contribution in [2.75, 3.05) is 11.9 Å². The molecule has 4 rings (SSSR count). The molecule has 1 aliphatic heterocycles. The van der Waals surface area contributed by atoms with Crippen molar-refractivity contribution < 1.29 is 13.2 Å². The van der Waals surface area contributed by atoms with Gasteiger partial charge in [-0.05, 0) is 55.7 Å². The molecule has 1 saturated heterocycles. The Kier molecular flexibility index (Phi) is 5.43. The number of amides is 1. The summed E-state index contributed by atoms with van der Waals surface area (Å²) in [7, 11) is -3.69. The summed E-state index contributed by atoms with van der Waals surface area (Å²) in [5, 5.41) is 3.97. The molecule has 1 unspecified atom stereocenters. The maximum Gasteiger partial charge on any atom is 0.243 e. The summed E-state index contributed by atoms with van der Waals surface area (Å²) >= 11 is 0. The van der Waals surface area contributed by atoms with E-state index in [1.165, 1.54) is 4.31 Å². The number of carbonyl (C=O) groups excluding carboxylic acids is 1. The number of sulfonamides is 1. The number of hydrogen-bond acceptors (Lipinski definition) is 3. The van der Waals surface area contributed by atoms with Crippen molar-refractivity contribution in [2.24, 2.45) is 0 Å². The molecule has 0 spiro atoms. The fourth-order valence-electron chi connectivity index (χ4n) is 3.96. The fourth-order valence-corrected chi connectivity index (χ4v) is 5.63. The van der Waals surface area contributed by atoms with Crippen molar-refractivity contribution in [2.45, 2.75) is 43.7 Å². The zero-order valence-electron chi connectivity index (χ0n) is 16.4. The predicted molar refractivity (Wildman–Crippen MR) is 114 cm³/mol. The second-order valence-corrected chi connectivity index (χ2v) is 9.25. The summed E-state index contributed by atoms with van der Waals surface area (Å²) < 4.78 is 29.5. The van der Waals surface area contributed by atoms with E-state index in [0.717, 1.165) is 23.9 Å². The van der Waals surface area contributed by atoms with Gasteiger partial charge in [0.05, 0.1) is 4.90 Å². The van der Waals surface area contributed by atoms with Crippen LogP contribution in [0, 0.1) is 0 Å². The van der Waals surface area contributed by atoms with E-state index in [1.54, 1.807) is 30.3 Å². The summed E-state index contributed by atoms with van der Waals surface area (Å²) in [4.78, 5) is 13.1. The highest BCUT2D eigenvalue weighted by atomic mass is 32.2. The van der Waals surface area contributed by atoms with E-state index in [9.17, 15) is 13.2 Å². The standard InChI is InChI=1S/C22H25N3O3S/c1-2-13-24-15-12-17-16-18(10-11-20(17)24)23-22(26)21-9-6-14-25(21)29(27,28)19-7-4-3-5-8-19/h3-5,7-8,10-12,15-16,21H,2,6,9,13-14H2,1H3,(H,23,26). The Morgan fingerprint density at radius 3 is 2.69 bits per heavy atom. The maximum absolute atomic E-state index is 13.0. The number of benzene rings is 2. The average Bonchev–Trinajstić information content (AvgIpc) is 3.37. The number of hydrogen-bond donors (Lipinski definition) is 1. The molecule has 1 atom stereocenters. The average molecular weight is 412 g/mol. The predicted octanol–water partition coefficient (Wildman–Crippen LogP) is 3.84. The van der Waals surface area contributed by atoms with Gasteiger partial charge in [-0.2, -0.15) is 4.31 Å². The van der Waals surface area contributed by atoms with Gasteiger partial charge in [-0.25, -0.2) is 8.42 Å². The third kappa shape index (κ3) is 3.80. The third-order valence-electron chi connectivity index (χ3n) is 5.36. The molecule has 0 bridgehead atoms. The van der Waals surface area contributed by atoms with Crippen LogP contribution in [0.15, 0.2) is 65.7 Å². The number of nitrogens with zero attached hydrogens (tertiary/aromatic N) is 2. The second kappa shape index (κ2) is 8.00. The molecule has 2 aromatic carbocycles. The summed E-state index contributed by atoms with van der Waals surface area (Å²) in [6.07, 6.45) is 4.29. The summed E-state index contributed by atoms with van der Waals surface area (Å²) in [6, 6.07) is 15.4.